The number of hydrogen-bond donors (Lipinski definition) is 0. The molecule has 0 radical (unpaired) electrons. The summed E-state index contributed by atoms with van der Waals surface area (Å²) in [4.78, 5) is 27.7. The van der Waals surface area contributed by atoms with E-state index in [0.717, 1.165) is 18.4 Å². The van der Waals surface area contributed by atoms with Crippen LogP contribution in [0.25, 0.3) is 0 Å². The Morgan fingerprint density at radius 3 is 2.56 bits per heavy atom. The molecule has 1 unspecified atom stereocenters. The van der Waals surface area contributed by atoms with Gasteiger partial charge in [-0.15, -0.1) is 0 Å². The quantitative estimate of drug-likeness (QED) is 0.294. The second-order valence-electron chi connectivity index (χ2n) is 9.38. The molecule has 2 aromatic carbocycles. The average Bonchev–Trinajstić information content (AvgIpc) is 2.78. The minimum atomic E-state index is -0.602. The molecular formula is C27H35NO6. The highest BCUT2D eigenvalue weighted by Crippen LogP contribution is 2.33. The van der Waals surface area contributed by atoms with Gasteiger partial charge in [0.1, 0.15) is 22.7 Å². The second-order valence-corrected chi connectivity index (χ2v) is 9.38. The molecule has 1 saturated heterocycles. The van der Waals surface area contributed by atoms with Crippen LogP contribution in [0, 0.1) is 6.92 Å². The maximum Gasteiger partial charge on any atom is 0.410 e. The number of carbonyl (C=O) groups is 2. The topological polar surface area (TPSA) is 74.3 Å². The van der Waals surface area contributed by atoms with Gasteiger partial charge in [-0.25, -0.2) is 9.59 Å². The number of ether oxygens (including phenoxy) is 4. The Hall–Kier alpha value is -3.06. The van der Waals surface area contributed by atoms with Gasteiger partial charge >= 0.3 is 12.1 Å². The molecule has 1 aliphatic rings. The molecule has 0 saturated carbocycles. The van der Waals surface area contributed by atoms with Crippen LogP contribution < -0.4 is 9.47 Å². The van der Waals surface area contributed by atoms with Gasteiger partial charge in [-0.2, -0.15) is 0 Å². The number of amides is 1. The molecule has 184 valence electrons. The van der Waals surface area contributed by atoms with E-state index in [4.69, 9.17) is 18.9 Å². The second kappa shape index (κ2) is 11.4. The largest absolute Gasteiger partial charge is 0.493 e. The Kier molecular flexibility index (Phi) is 8.56. The SMILES string of the molecule is CCCCOc1cc(C2COCCN2C(=O)OC(C)(C)C)cc(C)c1C(=O)Oc1ccccc1. The van der Waals surface area contributed by atoms with Gasteiger partial charge in [0.15, 0.2) is 0 Å². The molecule has 7 heteroatoms. The Morgan fingerprint density at radius 2 is 1.88 bits per heavy atom. The van der Waals surface area contributed by atoms with Gasteiger partial charge in [0.25, 0.3) is 0 Å². The smallest absolute Gasteiger partial charge is 0.410 e. The monoisotopic (exact) mass is 469 g/mol. The minimum Gasteiger partial charge on any atom is -0.493 e. The van der Waals surface area contributed by atoms with Crippen LogP contribution in [-0.4, -0.2) is 48.9 Å². The standard InChI is InChI=1S/C27H35NO6/c1-6-7-14-32-23-17-20(22-18-31-15-13-28(22)26(30)34-27(3,4)5)16-19(2)24(23)25(29)33-21-11-9-8-10-12-21/h8-12,16-17,22H,6-7,13-15,18H2,1-5H3. The lowest BCUT2D eigenvalue weighted by atomic mass is 9.98. The van der Waals surface area contributed by atoms with Crippen molar-refractivity contribution in [3.63, 3.8) is 0 Å². The number of carbonyl (C=O) groups excluding carboxylic acids is 2. The fourth-order valence-corrected chi connectivity index (χ4v) is 3.74. The Balaban J connectivity index is 1.94. The number of morpholine rings is 1. The molecule has 1 amide bonds. The molecule has 7 nitrogen and oxygen atoms in total. The number of benzene rings is 2. The van der Waals surface area contributed by atoms with Crippen molar-refractivity contribution in [3.8, 4) is 11.5 Å². The number of para-hydroxylation sites is 1. The summed E-state index contributed by atoms with van der Waals surface area (Å²) < 4.78 is 23.0. The highest BCUT2D eigenvalue weighted by molar-refractivity contribution is 5.95. The molecule has 2 aromatic rings. The van der Waals surface area contributed by atoms with Crippen LogP contribution in [-0.2, 0) is 9.47 Å². The highest BCUT2D eigenvalue weighted by Gasteiger charge is 2.33. The van der Waals surface area contributed by atoms with Gasteiger partial charge in [0.05, 0.1) is 25.9 Å². The van der Waals surface area contributed by atoms with Crippen LogP contribution in [0.3, 0.4) is 0 Å². The van der Waals surface area contributed by atoms with Gasteiger partial charge in [0.2, 0.25) is 0 Å². The number of hydrogen-bond acceptors (Lipinski definition) is 6. The van der Waals surface area contributed by atoms with E-state index in [1.165, 1.54) is 0 Å². The number of nitrogens with zero attached hydrogens (tertiary/aromatic N) is 1. The van der Waals surface area contributed by atoms with Crippen LogP contribution in [0.4, 0.5) is 4.79 Å². The van der Waals surface area contributed by atoms with E-state index >= 15 is 0 Å². The summed E-state index contributed by atoms with van der Waals surface area (Å²) in [5.41, 5.74) is 1.31. The molecule has 0 spiro atoms. The van der Waals surface area contributed by atoms with Crippen LogP contribution >= 0.6 is 0 Å². The molecule has 0 aromatic heterocycles. The van der Waals surface area contributed by atoms with E-state index in [1.807, 2.05) is 58.0 Å². The summed E-state index contributed by atoms with van der Waals surface area (Å²) in [5.74, 6) is 0.428. The van der Waals surface area contributed by atoms with E-state index in [-0.39, 0.29) is 12.1 Å². The summed E-state index contributed by atoms with van der Waals surface area (Å²) in [6.07, 6.45) is 1.43. The lowest BCUT2D eigenvalue weighted by molar-refractivity contribution is -0.0331. The first kappa shape index (κ1) is 25.6. The van der Waals surface area contributed by atoms with E-state index in [9.17, 15) is 9.59 Å². The van der Waals surface area contributed by atoms with Crippen molar-refractivity contribution in [1.29, 1.82) is 0 Å². The van der Waals surface area contributed by atoms with Gasteiger partial charge in [-0.3, -0.25) is 4.90 Å². The van der Waals surface area contributed by atoms with Crippen LogP contribution in [0.2, 0.25) is 0 Å². The predicted octanol–water partition coefficient (Wildman–Crippen LogP) is 5.70. The summed E-state index contributed by atoms with van der Waals surface area (Å²) in [5, 5.41) is 0. The van der Waals surface area contributed by atoms with Crippen molar-refractivity contribution < 1.29 is 28.5 Å². The van der Waals surface area contributed by atoms with Crippen molar-refractivity contribution >= 4 is 12.1 Å². The van der Waals surface area contributed by atoms with Gasteiger partial charge in [0, 0.05) is 6.54 Å². The zero-order valence-corrected chi connectivity index (χ0v) is 20.8. The van der Waals surface area contributed by atoms with Gasteiger partial charge in [-0.05, 0) is 63.4 Å². The van der Waals surface area contributed by atoms with Crippen LogP contribution in [0.5, 0.6) is 11.5 Å². The zero-order chi connectivity index (χ0) is 24.7. The first-order valence-electron chi connectivity index (χ1n) is 11.8. The summed E-state index contributed by atoms with van der Waals surface area (Å²) in [6, 6.07) is 12.3. The third kappa shape index (κ3) is 6.73. The normalized spacial score (nSPS) is 16.1. The van der Waals surface area contributed by atoms with Gasteiger partial charge in [-0.1, -0.05) is 37.6 Å². The summed E-state index contributed by atoms with van der Waals surface area (Å²) >= 11 is 0. The molecule has 0 aliphatic carbocycles. The van der Waals surface area contributed by atoms with Crippen molar-refractivity contribution in [2.45, 2.75) is 59.1 Å². The Morgan fingerprint density at radius 1 is 1.15 bits per heavy atom. The van der Waals surface area contributed by atoms with Crippen molar-refractivity contribution in [2.24, 2.45) is 0 Å². The van der Waals surface area contributed by atoms with E-state index in [0.29, 0.717) is 49.0 Å². The highest BCUT2D eigenvalue weighted by atomic mass is 16.6. The molecular weight excluding hydrogens is 434 g/mol. The summed E-state index contributed by atoms with van der Waals surface area (Å²) in [7, 11) is 0. The molecule has 0 bridgehead atoms. The van der Waals surface area contributed by atoms with Crippen LogP contribution in [0.1, 0.15) is 68.1 Å². The lowest BCUT2D eigenvalue weighted by Gasteiger charge is -2.37. The first-order valence-corrected chi connectivity index (χ1v) is 11.8. The predicted molar refractivity (Wildman–Crippen MR) is 129 cm³/mol. The Bertz CT molecular complexity index is 983. The lowest BCUT2D eigenvalue weighted by Crippen LogP contribution is -2.45. The molecule has 1 atom stereocenters. The summed E-state index contributed by atoms with van der Waals surface area (Å²) in [6.45, 7) is 11.1. The van der Waals surface area contributed by atoms with E-state index < -0.39 is 11.6 Å². The number of rotatable bonds is 7. The molecule has 1 aliphatic heterocycles. The van der Waals surface area contributed by atoms with Crippen molar-refractivity contribution in [1.82, 2.24) is 4.90 Å². The maximum absolute atomic E-state index is 13.1. The molecule has 3 rings (SSSR count). The number of esters is 1. The molecule has 1 heterocycles. The fraction of sp³-hybridized carbons (Fsp3) is 0.481. The van der Waals surface area contributed by atoms with Crippen molar-refractivity contribution in [3.05, 3.63) is 59.2 Å². The van der Waals surface area contributed by atoms with E-state index in [2.05, 4.69) is 6.92 Å². The number of aryl methyl sites for hydroxylation is 1. The molecule has 34 heavy (non-hydrogen) atoms. The number of unbranched alkanes of at least 4 members (excludes halogenated alkanes) is 1. The van der Waals surface area contributed by atoms with Gasteiger partial charge < -0.3 is 18.9 Å². The molecule has 0 N–H and O–H groups in total. The third-order valence-corrected chi connectivity index (χ3v) is 5.38. The fourth-order valence-electron chi connectivity index (χ4n) is 3.74. The Labute approximate surface area is 201 Å². The van der Waals surface area contributed by atoms with Crippen LogP contribution in [0.15, 0.2) is 42.5 Å². The third-order valence-electron chi connectivity index (χ3n) is 5.38. The minimum absolute atomic E-state index is 0.334. The maximum atomic E-state index is 13.1. The zero-order valence-electron chi connectivity index (χ0n) is 20.8. The average molecular weight is 470 g/mol. The van der Waals surface area contributed by atoms with Crippen molar-refractivity contribution in [2.75, 3.05) is 26.4 Å². The van der Waals surface area contributed by atoms with E-state index in [1.54, 1.807) is 17.0 Å². The first-order chi connectivity index (χ1) is 16.2. The molecule has 1 fully saturated rings.